The molecule has 0 radical (unpaired) electrons. The Kier molecular flexibility index (Phi) is 12.8. The standard InChI is InChI=1S/C31H54O5Si7/c1-37(2)32-43(33-38(3)4,31-25-19-14-20-26-31)36-41(10,11)28-27-40(8,9)35-42(34-39(5,6)7,29-21-15-12-16-22-29)30-23-17-13-18-24-30/h12-26,37-38H,27-28H2,1-11H3. The van der Waals surface area contributed by atoms with E-state index in [9.17, 15) is 0 Å². The van der Waals surface area contributed by atoms with Gasteiger partial charge in [-0.2, -0.15) is 0 Å². The van der Waals surface area contributed by atoms with Gasteiger partial charge < -0.3 is 20.6 Å². The minimum absolute atomic E-state index is 0.973. The molecule has 0 heterocycles. The highest BCUT2D eigenvalue weighted by atomic mass is 28.5. The predicted molar refractivity (Wildman–Crippen MR) is 201 cm³/mol. The molecule has 0 amide bonds. The zero-order valence-corrected chi connectivity index (χ0v) is 35.6. The van der Waals surface area contributed by atoms with Gasteiger partial charge in [0, 0.05) is 5.19 Å². The Labute approximate surface area is 270 Å². The molecular formula is C31H54O5Si7. The minimum atomic E-state index is -3.06. The van der Waals surface area contributed by atoms with Crippen LogP contribution in [-0.4, -0.2) is 60.4 Å². The molecule has 0 unspecified atom stereocenters. The maximum atomic E-state index is 7.53. The smallest absolute Gasteiger partial charge is 0.430 e. The van der Waals surface area contributed by atoms with Crippen molar-refractivity contribution in [1.82, 2.24) is 0 Å². The summed E-state index contributed by atoms with van der Waals surface area (Å²) in [6.45, 7) is 25.0. The van der Waals surface area contributed by atoms with Crippen molar-refractivity contribution in [3.63, 3.8) is 0 Å². The summed E-state index contributed by atoms with van der Waals surface area (Å²) in [5.74, 6) is 0. The number of benzene rings is 3. The van der Waals surface area contributed by atoms with E-state index in [-0.39, 0.29) is 0 Å². The molecule has 0 aliphatic heterocycles. The summed E-state index contributed by atoms with van der Waals surface area (Å²) in [5.41, 5.74) is 0. The van der Waals surface area contributed by atoms with Gasteiger partial charge in [-0.3, -0.25) is 0 Å². The van der Waals surface area contributed by atoms with Gasteiger partial charge in [0.25, 0.3) is 0 Å². The largest absolute Gasteiger partial charge is 0.505 e. The fourth-order valence-electron chi connectivity index (χ4n) is 5.16. The van der Waals surface area contributed by atoms with E-state index in [1.54, 1.807) is 0 Å². The van der Waals surface area contributed by atoms with Gasteiger partial charge in [0.15, 0.2) is 43.0 Å². The Morgan fingerprint density at radius 3 is 1.16 bits per heavy atom. The van der Waals surface area contributed by atoms with Crippen LogP contribution < -0.4 is 15.6 Å². The second-order valence-corrected chi connectivity index (χ2v) is 38.9. The molecule has 3 aromatic carbocycles. The van der Waals surface area contributed by atoms with Gasteiger partial charge in [0.1, 0.15) is 0 Å². The van der Waals surface area contributed by atoms with Gasteiger partial charge in [-0.15, -0.1) is 0 Å². The van der Waals surface area contributed by atoms with Crippen LogP contribution in [0.2, 0.25) is 84.1 Å². The van der Waals surface area contributed by atoms with Crippen molar-refractivity contribution in [2.24, 2.45) is 0 Å². The second kappa shape index (κ2) is 15.0. The lowest BCUT2D eigenvalue weighted by Crippen LogP contribution is -2.70. The Morgan fingerprint density at radius 2 is 0.814 bits per heavy atom. The lowest BCUT2D eigenvalue weighted by atomic mass is 10.4. The zero-order chi connectivity index (χ0) is 31.9. The molecule has 0 N–H and O–H groups in total. The molecule has 0 bridgehead atoms. The third-order valence-electron chi connectivity index (χ3n) is 6.83. The van der Waals surface area contributed by atoms with Crippen LogP contribution in [0.5, 0.6) is 0 Å². The van der Waals surface area contributed by atoms with E-state index in [1.807, 2.05) is 0 Å². The highest BCUT2D eigenvalue weighted by Crippen LogP contribution is 2.30. The summed E-state index contributed by atoms with van der Waals surface area (Å²) in [4.78, 5) is 0. The third kappa shape index (κ3) is 10.8. The van der Waals surface area contributed by atoms with Gasteiger partial charge in [-0.05, 0) is 94.5 Å². The van der Waals surface area contributed by atoms with Crippen molar-refractivity contribution < 1.29 is 20.6 Å². The second-order valence-electron chi connectivity index (χ2n) is 14.0. The van der Waals surface area contributed by atoms with E-state index < -0.39 is 60.4 Å². The molecule has 236 valence electrons. The number of hydrogen-bond donors (Lipinski definition) is 0. The molecule has 3 aromatic rings. The Balaban J connectivity index is 1.96. The van der Waals surface area contributed by atoms with Crippen LogP contribution in [0.25, 0.3) is 0 Å². The van der Waals surface area contributed by atoms with Crippen LogP contribution in [0.1, 0.15) is 0 Å². The van der Waals surface area contributed by atoms with Crippen molar-refractivity contribution in [1.29, 1.82) is 0 Å². The zero-order valence-electron chi connectivity index (χ0n) is 28.3. The van der Waals surface area contributed by atoms with Crippen LogP contribution in [0, 0.1) is 0 Å². The first kappa shape index (κ1) is 36.4. The lowest BCUT2D eigenvalue weighted by Gasteiger charge is -2.43. The third-order valence-corrected chi connectivity index (χ3v) is 30.0. The Bertz CT molecular complexity index is 1200. The molecule has 0 aromatic heterocycles. The highest BCUT2D eigenvalue weighted by Gasteiger charge is 2.52. The summed E-state index contributed by atoms with van der Waals surface area (Å²) < 4.78 is 35.7. The molecular weight excluding hydrogens is 649 g/mol. The van der Waals surface area contributed by atoms with E-state index in [1.165, 1.54) is 10.4 Å². The van der Waals surface area contributed by atoms with Crippen LogP contribution in [-0.2, 0) is 20.6 Å². The highest BCUT2D eigenvalue weighted by molar-refractivity contribution is 7.02. The van der Waals surface area contributed by atoms with Crippen LogP contribution in [0.15, 0.2) is 91.0 Å². The SMILES string of the molecule is C[SiH](C)O[Si](O[SiH](C)C)(O[Si](C)(C)CC[Si](C)(C)O[Si](O[Si](C)(C)C)(c1ccccc1)c1ccccc1)c1ccccc1. The van der Waals surface area contributed by atoms with Gasteiger partial charge in [-0.1, -0.05) is 91.0 Å². The predicted octanol–water partition coefficient (Wildman–Crippen LogP) is 6.38. The average Bonchev–Trinajstić information content (AvgIpc) is 2.91. The summed E-state index contributed by atoms with van der Waals surface area (Å²) in [7, 11) is -15.5. The van der Waals surface area contributed by atoms with Gasteiger partial charge >= 0.3 is 17.4 Å². The van der Waals surface area contributed by atoms with Crippen molar-refractivity contribution in [2.75, 3.05) is 0 Å². The van der Waals surface area contributed by atoms with E-state index in [2.05, 4.69) is 163 Å². The molecule has 0 saturated carbocycles. The molecule has 0 spiro atoms. The molecule has 5 nitrogen and oxygen atoms in total. The summed E-state index contributed by atoms with van der Waals surface area (Å²) in [6, 6.07) is 33.8. The van der Waals surface area contributed by atoms with E-state index in [0.717, 1.165) is 17.3 Å². The summed E-state index contributed by atoms with van der Waals surface area (Å²) in [5, 5.41) is 3.45. The Morgan fingerprint density at radius 1 is 0.465 bits per heavy atom. The normalized spacial score (nSPS) is 13.6. The van der Waals surface area contributed by atoms with E-state index in [0.29, 0.717) is 0 Å². The molecule has 0 fully saturated rings. The van der Waals surface area contributed by atoms with Crippen LogP contribution >= 0.6 is 0 Å². The van der Waals surface area contributed by atoms with Gasteiger partial charge in [0.05, 0.1) is 0 Å². The molecule has 0 saturated heterocycles. The number of rotatable bonds is 16. The van der Waals surface area contributed by atoms with E-state index in [4.69, 9.17) is 20.6 Å². The molecule has 12 heteroatoms. The van der Waals surface area contributed by atoms with Crippen LogP contribution in [0.3, 0.4) is 0 Å². The quantitative estimate of drug-likeness (QED) is 0.162. The maximum absolute atomic E-state index is 7.53. The first-order valence-corrected chi connectivity index (χ1v) is 34.3. The maximum Gasteiger partial charge on any atom is 0.505 e. The minimum Gasteiger partial charge on any atom is -0.430 e. The fraction of sp³-hybridized carbons (Fsp3) is 0.419. The lowest BCUT2D eigenvalue weighted by molar-refractivity contribution is 0.282. The van der Waals surface area contributed by atoms with Gasteiger partial charge in [-0.25, -0.2) is 0 Å². The summed E-state index contributed by atoms with van der Waals surface area (Å²) in [6.07, 6.45) is 0. The van der Waals surface area contributed by atoms with Gasteiger partial charge in [0.2, 0.25) is 0 Å². The van der Waals surface area contributed by atoms with E-state index >= 15 is 0 Å². The first-order chi connectivity index (χ1) is 20.0. The molecule has 3 rings (SSSR count). The van der Waals surface area contributed by atoms with Crippen molar-refractivity contribution >= 4 is 76.0 Å². The summed E-state index contributed by atoms with van der Waals surface area (Å²) >= 11 is 0. The van der Waals surface area contributed by atoms with Crippen molar-refractivity contribution in [3.8, 4) is 0 Å². The molecule has 43 heavy (non-hydrogen) atoms. The molecule has 0 atom stereocenters. The topological polar surface area (TPSA) is 46.2 Å². The molecule has 0 aliphatic rings. The fourth-order valence-corrected chi connectivity index (χ4v) is 33.4. The average molecular weight is 703 g/mol. The molecule has 0 aliphatic carbocycles. The first-order valence-electron chi connectivity index (χ1n) is 15.6. The van der Waals surface area contributed by atoms with Crippen molar-refractivity contribution in [3.05, 3.63) is 91.0 Å². The Hall–Kier alpha value is -1.02. The van der Waals surface area contributed by atoms with Crippen molar-refractivity contribution in [2.45, 2.75) is 84.1 Å². The monoisotopic (exact) mass is 702 g/mol. The number of hydrogen-bond acceptors (Lipinski definition) is 5. The van der Waals surface area contributed by atoms with Crippen LogP contribution in [0.4, 0.5) is 0 Å².